The van der Waals surface area contributed by atoms with Crippen molar-refractivity contribution in [3.05, 3.63) is 29.3 Å². The van der Waals surface area contributed by atoms with Crippen LogP contribution < -0.4 is 10.6 Å². The summed E-state index contributed by atoms with van der Waals surface area (Å²) in [7, 11) is 0. The van der Waals surface area contributed by atoms with E-state index in [2.05, 4.69) is 10.6 Å². The molecule has 2 heterocycles. The number of rotatable bonds is 8. The van der Waals surface area contributed by atoms with Crippen LogP contribution in [0.5, 0.6) is 0 Å². The fraction of sp³-hybridized carbons (Fsp3) is 0.545. The Labute approximate surface area is 181 Å². The topological polar surface area (TPSA) is 114 Å². The lowest BCUT2D eigenvalue weighted by atomic mass is 10.0. The molecule has 2 N–H and O–H groups in total. The van der Waals surface area contributed by atoms with Crippen LogP contribution in [0.4, 0.5) is 5.69 Å². The van der Waals surface area contributed by atoms with Crippen LogP contribution in [0.3, 0.4) is 0 Å². The fourth-order valence-corrected chi connectivity index (χ4v) is 3.66. The molecule has 9 nitrogen and oxygen atoms in total. The number of benzene rings is 1. The molecule has 0 spiro atoms. The molecule has 31 heavy (non-hydrogen) atoms. The Hall–Kier alpha value is -2.94. The number of amides is 3. The predicted molar refractivity (Wildman–Crippen MR) is 112 cm³/mol. The van der Waals surface area contributed by atoms with Crippen LogP contribution in [0.1, 0.15) is 56.0 Å². The lowest BCUT2D eigenvalue weighted by molar-refractivity contribution is -0.156. The summed E-state index contributed by atoms with van der Waals surface area (Å²) in [6.07, 6.45) is 0.744. The number of piperidine rings is 1. The maximum atomic E-state index is 12.8. The van der Waals surface area contributed by atoms with E-state index in [0.29, 0.717) is 31.7 Å². The van der Waals surface area contributed by atoms with Gasteiger partial charge in [-0.3, -0.25) is 24.5 Å². The number of nitrogens with one attached hydrogen (secondary N) is 2. The van der Waals surface area contributed by atoms with Gasteiger partial charge < -0.3 is 19.7 Å². The number of ether oxygens (including phenoxy) is 2. The second-order valence-electron chi connectivity index (χ2n) is 8.61. The molecule has 9 heteroatoms. The van der Waals surface area contributed by atoms with Crippen molar-refractivity contribution in [1.82, 2.24) is 10.2 Å². The minimum absolute atomic E-state index is 0.188. The maximum absolute atomic E-state index is 12.8. The van der Waals surface area contributed by atoms with Crippen LogP contribution >= 0.6 is 0 Å². The van der Waals surface area contributed by atoms with Crippen molar-refractivity contribution >= 4 is 29.4 Å². The number of hydrogen-bond donors (Lipinski definition) is 2. The van der Waals surface area contributed by atoms with Crippen LogP contribution in [0, 0.1) is 0 Å². The summed E-state index contributed by atoms with van der Waals surface area (Å²) in [5.41, 5.74) is 1.67. The molecule has 1 unspecified atom stereocenters. The van der Waals surface area contributed by atoms with Gasteiger partial charge in [0, 0.05) is 36.3 Å². The Kier molecular flexibility index (Phi) is 6.94. The molecule has 2 aliphatic heterocycles. The minimum Gasteiger partial charge on any atom is -0.460 e. The molecule has 168 valence electrons. The smallest absolute Gasteiger partial charge is 0.308 e. The van der Waals surface area contributed by atoms with E-state index in [4.69, 9.17) is 9.47 Å². The minimum atomic E-state index is -0.637. The SMILES string of the molecule is CC(C)(C)OC(=O)CCOCCNc1cccc2c1CN(C1CCC(=O)NC1=O)C2=O. The van der Waals surface area contributed by atoms with Gasteiger partial charge in [0.25, 0.3) is 5.91 Å². The van der Waals surface area contributed by atoms with Gasteiger partial charge in [-0.1, -0.05) is 6.07 Å². The van der Waals surface area contributed by atoms with Gasteiger partial charge in [-0.2, -0.15) is 0 Å². The van der Waals surface area contributed by atoms with Gasteiger partial charge in [-0.25, -0.2) is 0 Å². The van der Waals surface area contributed by atoms with Crippen molar-refractivity contribution in [1.29, 1.82) is 0 Å². The zero-order valence-corrected chi connectivity index (χ0v) is 18.2. The summed E-state index contributed by atoms with van der Waals surface area (Å²) in [4.78, 5) is 49.6. The highest BCUT2D eigenvalue weighted by atomic mass is 16.6. The first kappa shape index (κ1) is 22.7. The molecule has 1 saturated heterocycles. The number of fused-ring (bicyclic) bond motifs is 1. The highest BCUT2D eigenvalue weighted by molar-refractivity contribution is 6.06. The van der Waals surface area contributed by atoms with Gasteiger partial charge in [0.15, 0.2) is 0 Å². The van der Waals surface area contributed by atoms with E-state index in [-0.39, 0.29) is 37.2 Å². The third-order valence-electron chi connectivity index (χ3n) is 5.01. The molecule has 2 aliphatic rings. The Morgan fingerprint density at radius 1 is 1.23 bits per heavy atom. The molecule has 0 saturated carbocycles. The number of carbonyl (C=O) groups is 4. The normalized spacial score (nSPS) is 18.6. The molecule has 0 radical (unpaired) electrons. The van der Waals surface area contributed by atoms with E-state index in [0.717, 1.165) is 11.3 Å². The highest BCUT2D eigenvalue weighted by Crippen LogP contribution is 2.32. The highest BCUT2D eigenvalue weighted by Gasteiger charge is 2.39. The monoisotopic (exact) mass is 431 g/mol. The first-order valence-corrected chi connectivity index (χ1v) is 10.5. The third kappa shape index (κ3) is 5.81. The van der Waals surface area contributed by atoms with E-state index >= 15 is 0 Å². The van der Waals surface area contributed by atoms with Crippen LogP contribution in [0.25, 0.3) is 0 Å². The molecular weight excluding hydrogens is 402 g/mol. The maximum Gasteiger partial charge on any atom is 0.308 e. The molecule has 1 atom stereocenters. The Morgan fingerprint density at radius 3 is 2.71 bits per heavy atom. The van der Waals surface area contributed by atoms with E-state index in [1.165, 1.54) is 4.90 Å². The number of carbonyl (C=O) groups excluding carboxylic acids is 4. The summed E-state index contributed by atoms with van der Waals surface area (Å²) in [6.45, 7) is 6.92. The van der Waals surface area contributed by atoms with Gasteiger partial charge in [-0.05, 0) is 39.3 Å². The van der Waals surface area contributed by atoms with Crippen molar-refractivity contribution in [2.75, 3.05) is 25.1 Å². The van der Waals surface area contributed by atoms with Crippen molar-refractivity contribution < 1.29 is 28.7 Å². The van der Waals surface area contributed by atoms with Crippen LogP contribution in [-0.4, -0.2) is 60.0 Å². The lowest BCUT2D eigenvalue weighted by Crippen LogP contribution is -2.52. The number of imide groups is 1. The molecule has 1 aromatic rings. The van der Waals surface area contributed by atoms with E-state index < -0.39 is 17.6 Å². The first-order valence-electron chi connectivity index (χ1n) is 10.5. The van der Waals surface area contributed by atoms with Crippen LogP contribution in [-0.2, 0) is 30.4 Å². The second kappa shape index (κ2) is 9.47. The van der Waals surface area contributed by atoms with Crippen molar-refractivity contribution in [2.24, 2.45) is 0 Å². The largest absolute Gasteiger partial charge is 0.460 e. The quantitative estimate of drug-likeness (QED) is 0.365. The molecule has 1 aromatic carbocycles. The number of anilines is 1. The molecule has 0 aliphatic carbocycles. The Balaban J connectivity index is 1.49. The average Bonchev–Trinajstić information content (AvgIpc) is 3.00. The zero-order chi connectivity index (χ0) is 22.6. The molecule has 0 aromatic heterocycles. The van der Waals surface area contributed by atoms with Crippen LogP contribution in [0.15, 0.2) is 18.2 Å². The van der Waals surface area contributed by atoms with Gasteiger partial charge in [0.2, 0.25) is 11.8 Å². The van der Waals surface area contributed by atoms with Crippen molar-refractivity contribution in [2.45, 2.75) is 58.2 Å². The number of esters is 1. The van der Waals surface area contributed by atoms with Gasteiger partial charge in [0.05, 0.1) is 19.6 Å². The Morgan fingerprint density at radius 2 is 2.00 bits per heavy atom. The number of hydrogen-bond acceptors (Lipinski definition) is 7. The lowest BCUT2D eigenvalue weighted by Gasteiger charge is -2.29. The van der Waals surface area contributed by atoms with E-state index in [9.17, 15) is 19.2 Å². The third-order valence-corrected chi connectivity index (χ3v) is 5.01. The van der Waals surface area contributed by atoms with Gasteiger partial charge in [-0.15, -0.1) is 0 Å². The second-order valence-corrected chi connectivity index (χ2v) is 8.61. The van der Waals surface area contributed by atoms with Gasteiger partial charge >= 0.3 is 5.97 Å². The van der Waals surface area contributed by atoms with Gasteiger partial charge in [0.1, 0.15) is 11.6 Å². The molecule has 0 bridgehead atoms. The van der Waals surface area contributed by atoms with E-state index in [1.54, 1.807) is 12.1 Å². The first-order chi connectivity index (χ1) is 14.7. The molecular formula is C22H29N3O6. The van der Waals surface area contributed by atoms with Crippen molar-refractivity contribution in [3.63, 3.8) is 0 Å². The molecule has 3 rings (SSSR count). The summed E-state index contributed by atoms with van der Waals surface area (Å²) in [6, 6.07) is 4.77. The number of nitrogens with zero attached hydrogens (tertiary/aromatic N) is 1. The predicted octanol–water partition coefficient (Wildman–Crippen LogP) is 1.61. The summed E-state index contributed by atoms with van der Waals surface area (Å²) in [5.74, 6) is -1.24. The molecule has 1 fully saturated rings. The zero-order valence-electron chi connectivity index (χ0n) is 18.2. The average molecular weight is 431 g/mol. The fourth-order valence-electron chi connectivity index (χ4n) is 3.66. The summed E-state index contributed by atoms with van der Waals surface area (Å²) >= 11 is 0. The molecule has 3 amide bonds. The van der Waals surface area contributed by atoms with E-state index in [1.807, 2.05) is 26.8 Å². The Bertz CT molecular complexity index is 876. The van der Waals surface area contributed by atoms with Crippen LogP contribution in [0.2, 0.25) is 0 Å². The standard InChI is InChI=1S/C22H29N3O6/c1-22(2,3)31-19(27)9-11-30-12-10-23-16-6-4-5-14-15(16)13-25(21(14)29)17-7-8-18(26)24-20(17)28/h4-6,17,23H,7-13H2,1-3H3,(H,24,26,28). The summed E-state index contributed by atoms with van der Waals surface area (Å²) in [5, 5.41) is 5.56. The van der Waals surface area contributed by atoms with Crippen molar-refractivity contribution in [3.8, 4) is 0 Å². The summed E-state index contributed by atoms with van der Waals surface area (Å²) < 4.78 is 10.7.